The van der Waals surface area contributed by atoms with E-state index in [4.69, 9.17) is 14.6 Å². The number of carbonyl (C=O) groups excluding carboxylic acids is 2. The van der Waals surface area contributed by atoms with Gasteiger partial charge in [0.1, 0.15) is 11.5 Å². The Hall–Kier alpha value is -3.75. The lowest BCUT2D eigenvalue weighted by molar-refractivity contribution is -0.137. The van der Waals surface area contributed by atoms with Crippen molar-refractivity contribution < 1.29 is 29.0 Å². The summed E-state index contributed by atoms with van der Waals surface area (Å²) < 4.78 is 10.7. The van der Waals surface area contributed by atoms with Crippen molar-refractivity contribution in [1.82, 2.24) is 5.32 Å². The number of nitrogens with one attached hydrogen (secondary N) is 2. The van der Waals surface area contributed by atoms with Gasteiger partial charge in [0, 0.05) is 31.3 Å². The van der Waals surface area contributed by atoms with Gasteiger partial charge < -0.3 is 30.1 Å². The molecular weight excluding hydrogens is 414 g/mol. The van der Waals surface area contributed by atoms with Crippen LogP contribution in [0.25, 0.3) is 0 Å². The summed E-state index contributed by atoms with van der Waals surface area (Å²) in [4.78, 5) is 37.0. The van der Waals surface area contributed by atoms with Crippen LogP contribution in [0.3, 0.4) is 0 Å². The second-order valence-corrected chi connectivity index (χ2v) is 6.93. The second kappa shape index (κ2) is 12.2. The molecule has 1 atom stereocenters. The van der Waals surface area contributed by atoms with Crippen molar-refractivity contribution in [2.24, 2.45) is 0 Å². The van der Waals surface area contributed by atoms with Crippen molar-refractivity contribution >= 4 is 29.2 Å². The maximum atomic E-state index is 13.2. The van der Waals surface area contributed by atoms with E-state index in [1.807, 2.05) is 6.92 Å². The summed E-state index contributed by atoms with van der Waals surface area (Å²) in [5, 5.41) is 14.4. The van der Waals surface area contributed by atoms with Crippen LogP contribution in [0, 0.1) is 0 Å². The standard InChI is InChI=1S/C23H29N3O6/c1-4-26(18-9-13-19(31-3)14-10-18)23(30)22(24-16(2)27)25-17-7-11-20(12-8-17)32-15-5-6-21(28)29/h7-14,22,25H,4-6,15H2,1-3H3,(H,24,27)(H,28,29). The minimum Gasteiger partial charge on any atom is -0.497 e. The Labute approximate surface area is 187 Å². The summed E-state index contributed by atoms with van der Waals surface area (Å²) in [6.45, 7) is 3.90. The molecule has 2 rings (SSSR count). The highest BCUT2D eigenvalue weighted by Crippen LogP contribution is 2.21. The number of methoxy groups -OCH3 is 1. The van der Waals surface area contributed by atoms with E-state index in [0.717, 1.165) is 0 Å². The number of likely N-dealkylation sites (N-methyl/N-ethyl adjacent to an activating group) is 1. The first kappa shape index (κ1) is 24.5. The summed E-state index contributed by atoms with van der Waals surface area (Å²) in [5.74, 6) is -0.268. The highest BCUT2D eigenvalue weighted by Gasteiger charge is 2.25. The predicted octanol–water partition coefficient (Wildman–Crippen LogP) is 2.87. The van der Waals surface area contributed by atoms with Crippen molar-refractivity contribution in [2.75, 3.05) is 30.5 Å². The Morgan fingerprint density at radius 2 is 1.66 bits per heavy atom. The molecule has 0 saturated heterocycles. The number of ether oxygens (including phenoxy) is 2. The number of aliphatic carboxylic acids is 1. The van der Waals surface area contributed by atoms with E-state index in [1.165, 1.54) is 6.92 Å². The number of hydrogen-bond donors (Lipinski definition) is 3. The van der Waals surface area contributed by atoms with Crippen LogP contribution < -0.4 is 25.0 Å². The van der Waals surface area contributed by atoms with Gasteiger partial charge in [-0.2, -0.15) is 0 Å². The molecule has 32 heavy (non-hydrogen) atoms. The number of nitrogens with zero attached hydrogens (tertiary/aromatic N) is 1. The average Bonchev–Trinajstić information content (AvgIpc) is 2.77. The van der Waals surface area contributed by atoms with Crippen molar-refractivity contribution in [2.45, 2.75) is 32.9 Å². The van der Waals surface area contributed by atoms with Crippen LogP contribution in [-0.4, -0.2) is 49.3 Å². The van der Waals surface area contributed by atoms with Gasteiger partial charge in [-0.1, -0.05) is 0 Å². The van der Waals surface area contributed by atoms with E-state index < -0.39 is 12.1 Å². The predicted molar refractivity (Wildman–Crippen MR) is 121 cm³/mol. The lowest BCUT2D eigenvalue weighted by Gasteiger charge is -2.28. The molecule has 0 spiro atoms. The zero-order valence-corrected chi connectivity index (χ0v) is 18.5. The molecule has 3 N–H and O–H groups in total. The molecule has 0 heterocycles. The van der Waals surface area contributed by atoms with Crippen molar-refractivity contribution in [3.05, 3.63) is 48.5 Å². The Morgan fingerprint density at radius 1 is 1.03 bits per heavy atom. The van der Waals surface area contributed by atoms with Gasteiger partial charge in [0.15, 0.2) is 6.17 Å². The first-order chi connectivity index (χ1) is 15.3. The number of hydrogen-bond acceptors (Lipinski definition) is 6. The zero-order valence-electron chi connectivity index (χ0n) is 18.5. The molecule has 0 aromatic heterocycles. The number of benzene rings is 2. The molecule has 2 aromatic carbocycles. The van der Waals surface area contributed by atoms with Gasteiger partial charge >= 0.3 is 5.97 Å². The topological polar surface area (TPSA) is 117 Å². The fraction of sp³-hybridized carbons (Fsp3) is 0.348. The van der Waals surface area contributed by atoms with Gasteiger partial charge in [-0.25, -0.2) is 0 Å². The van der Waals surface area contributed by atoms with E-state index in [9.17, 15) is 14.4 Å². The molecule has 0 aliphatic rings. The fourth-order valence-corrected chi connectivity index (χ4v) is 2.97. The Bertz CT molecular complexity index is 899. The fourth-order valence-electron chi connectivity index (χ4n) is 2.97. The van der Waals surface area contributed by atoms with E-state index in [-0.39, 0.29) is 18.2 Å². The number of carboxylic acids is 1. The lowest BCUT2D eigenvalue weighted by Crippen LogP contribution is -2.52. The van der Waals surface area contributed by atoms with Crippen LogP contribution in [0.5, 0.6) is 11.5 Å². The summed E-state index contributed by atoms with van der Waals surface area (Å²) in [7, 11) is 1.57. The lowest BCUT2D eigenvalue weighted by atomic mass is 10.2. The largest absolute Gasteiger partial charge is 0.497 e. The third-order valence-electron chi connectivity index (χ3n) is 4.53. The summed E-state index contributed by atoms with van der Waals surface area (Å²) >= 11 is 0. The van der Waals surface area contributed by atoms with Crippen molar-refractivity contribution in [3.8, 4) is 11.5 Å². The number of carboxylic acid groups (broad SMARTS) is 1. The van der Waals surface area contributed by atoms with Crippen LogP contribution >= 0.6 is 0 Å². The average molecular weight is 444 g/mol. The van der Waals surface area contributed by atoms with E-state index in [0.29, 0.717) is 42.4 Å². The Balaban J connectivity index is 2.08. The number of anilines is 2. The molecule has 2 aromatic rings. The minimum absolute atomic E-state index is 0.0439. The highest BCUT2D eigenvalue weighted by molar-refractivity contribution is 6.00. The molecule has 0 aliphatic heterocycles. The molecular formula is C23H29N3O6. The number of amides is 2. The van der Waals surface area contributed by atoms with Gasteiger partial charge in [-0.15, -0.1) is 0 Å². The monoisotopic (exact) mass is 443 g/mol. The quantitative estimate of drug-likeness (QED) is 0.341. The molecule has 0 fully saturated rings. The molecule has 0 radical (unpaired) electrons. The molecule has 0 aliphatic carbocycles. The SMILES string of the molecule is CCN(C(=O)C(NC(C)=O)Nc1ccc(OCCCC(=O)O)cc1)c1ccc(OC)cc1. The van der Waals surface area contributed by atoms with Gasteiger partial charge in [0.25, 0.3) is 5.91 Å². The molecule has 0 saturated carbocycles. The maximum absolute atomic E-state index is 13.2. The minimum atomic E-state index is -0.975. The van der Waals surface area contributed by atoms with Crippen molar-refractivity contribution in [1.29, 1.82) is 0 Å². The van der Waals surface area contributed by atoms with E-state index in [2.05, 4.69) is 10.6 Å². The molecule has 2 amide bonds. The van der Waals surface area contributed by atoms with E-state index in [1.54, 1.807) is 60.5 Å². The molecule has 9 nitrogen and oxygen atoms in total. The summed E-state index contributed by atoms with van der Waals surface area (Å²) in [6, 6.07) is 13.9. The molecule has 0 bridgehead atoms. The zero-order chi connectivity index (χ0) is 23.5. The van der Waals surface area contributed by atoms with Gasteiger partial charge in [-0.05, 0) is 61.9 Å². The third kappa shape index (κ3) is 7.50. The summed E-state index contributed by atoms with van der Waals surface area (Å²) in [5.41, 5.74) is 1.29. The van der Waals surface area contributed by atoms with Crippen LogP contribution in [-0.2, 0) is 14.4 Å². The van der Waals surface area contributed by atoms with Crippen LogP contribution in [0.2, 0.25) is 0 Å². The molecule has 172 valence electrons. The first-order valence-electron chi connectivity index (χ1n) is 10.3. The Morgan fingerprint density at radius 3 is 2.19 bits per heavy atom. The van der Waals surface area contributed by atoms with Crippen LogP contribution in [0.4, 0.5) is 11.4 Å². The maximum Gasteiger partial charge on any atom is 0.303 e. The van der Waals surface area contributed by atoms with E-state index >= 15 is 0 Å². The smallest absolute Gasteiger partial charge is 0.303 e. The first-order valence-corrected chi connectivity index (χ1v) is 10.3. The van der Waals surface area contributed by atoms with Crippen LogP contribution in [0.15, 0.2) is 48.5 Å². The molecule has 1 unspecified atom stereocenters. The number of carbonyl (C=O) groups is 3. The van der Waals surface area contributed by atoms with Crippen LogP contribution in [0.1, 0.15) is 26.7 Å². The van der Waals surface area contributed by atoms with Gasteiger partial charge in [0.2, 0.25) is 5.91 Å². The Kier molecular flexibility index (Phi) is 9.34. The summed E-state index contributed by atoms with van der Waals surface area (Å²) in [6.07, 6.45) is -0.522. The normalized spacial score (nSPS) is 11.2. The highest BCUT2D eigenvalue weighted by atomic mass is 16.5. The van der Waals surface area contributed by atoms with Crippen molar-refractivity contribution in [3.63, 3.8) is 0 Å². The number of rotatable bonds is 12. The second-order valence-electron chi connectivity index (χ2n) is 6.93. The molecule has 9 heteroatoms. The van der Waals surface area contributed by atoms with Gasteiger partial charge in [-0.3, -0.25) is 14.4 Å². The third-order valence-corrected chi connectivity index (χ3v) is 4.53. The van der Waals surface area contributed by atoms with Gasteiger partial charge in [0.05, 0.1) is 13.7 Å².